The molecule has 0 aromatic rings. The van der Waals surface area contributed by atoms with Gasteiger partial charge in [-0.3, -0.25) is 9.47 Å². The quantitative estimate of drug-likeness (QED) is 0.674. The minimum Gasteiger partial charge on any atom is -0.295 e. The molecule has 0 N–H and O–H groups in total. The van der Waals surface area contributed by atoms with Gasteiger partial charge in [-0.1, -0.05) is 0 Å². The van der Waals surface area contributed by atoms with Crippen molar-refractivity contribution in [2.24, 2.45) is 0 Å². The Kier molecular flexibility index (Phi) is 3.92. The zero-order chi connectivity index (χ0) is 17.1. The van der Waals surface area contributed by atoms with Gasteiger partial charge in [0.25, 0.3) is 6.36 Å². The van der Waals surface area contributed by atoms with Crippen molar-refractivity contribution >= 4 is 0 Å². The second-order valence-electron chi connectivity index (χ2n) is 3.72. The maximum absolute atomic E-state index is 13.2. The zero-order valence-corrected chi connectivity index (χ0v) is 9.01. The van der Waals surface area contributed by atoms with Crippen molar-refractivity contribution in [3.63, 3.8) is 0 Å². The monoisotopic (exact) mass is 346 g/mol. The highest BCUT2D eigenvalue weighted by Gasteiger charge is 2.86. The third-order valence-electron chi connectivity index (χ3n) is 2.33. The summed E-state index contributed by atoms with van der Waals surface area (Å²) >= 11 is 0. The molecule has 0 amide bonds. The average molecular weight is 346 g/mol. The minimum atomic E-state index is -6.88. The van der Waals surface area contributed by atoms with Crippen LogP contribution in [-0.4, -0.2) is 42.7 Å². The van der Waals surface area contributed by atoms with E-state index in [0.29, 0.717) is 0 Å². The van der Waals surface area contributed by atoms with Gasteiger partial charge >= 0.3 is 36.3 Å². The van der Waals surface area contributed by atoms with Gasteiger partial charge in [-0.05, 0) is 0 Å². The van der Waals surface area contributed by atoms with Gasteiger partial charge in [0.05, 0.1) is 0 Å². The van der Waals surface area contributed by atoms with Crippen LogP contribution in [-0.2, 0) is 9.47 Å². The third kappa shape index (κ3) is 2.31. The Morgan fingerprint density at radius 3 is 1.52 bits per heavy atom. The van der Waals surface area contributed by atoms with Crippen LogP contribution in [0.15, 0.2) is 0 Å². The Morgan fingerprint density at radius 2 is 1.24 bits per heavy atom. The fraction of sp³-hybridized carbons (Fsp3) is 1.00. The Hall–Kier alpha value is -0.920. The summed E-state index contributed by atoms with van der Waals surface area (Å²) in [6.45, 7) is 0. The first-order valence-corrected chi connectivity index (χ1v) is 4.53. The molecule has 1 aliphatic rings. The van der Waals surface area contributed by atoms with Crippen molar-refractivity contribution in [2.45, 2.75) is 42.7 Å². The minimum absolute atomic E-state index is 2.26. The SMILES string of the molecule is FC1OC(C(F)(F)F)(C(F)(F)F)OC(F)(C(F)F)C1(F)F. The number of alkyl halides is 12. The van der Waals surface area contributed by atoms with Crippen LogP contribution in [0.4, 0.5) is 52.7 Å². The van der Waals surface area contributed by atoms with Crippen LogP contribution < -0.4 is 0 Å². The lowest BCUT2D eigenvalue weighted by Crippen LogP contribution is -2.75. The van der Waals surface area contributed by atoms with E-state index in [-0.39, 0.29) is 0 Å². The summed E-state index contributed by atoms with van der Waals surface area (Å²) in [4.78, 5) is 0. The van der Waals surface area contributed by atoms with Gasteiger partial charge in [0, 0.05) is 0 Å². The summed E-state index contributed by atoms with van der Waals surface area (Å²) in [6, 6.07) is 0. The highest BCUT2D eigenvalue weighted by atomic mass is 19.4. The lowest BCUT2D eigenvalue weighted by atomic mass is 10.1. The fourth-order valence-corrected chi connectivity index (χ4v) is 1.28. The molecule has 1 saturated heterocycles. The Morgan fingerprint density at radius 1 is 0.857 bits per heavy atom. The van der Waals surface area contributed by atoms with Crippen molar-refractivity contribution < 1.29 is 62.2 Å². The van der Waals surface area contributed by atoms with Crippen LogP contribution >= 0.6 is 0 Å². The fourth-order valence-electron chi connectivity index (χ4n) is 1.28. The summed E-state index contributed by atoms with van der Waals surface area (Å²) in [6.07, 6.45) is -24.0. The molecule has 126 valence electrons. The van der Waals surface area contributed by atoms with Crippen LogP contribution in [0.3, 0.4) is 0 Å². The van der Waals surface area contributed by atoms with Crippen LogP contribution in [0, 0.1) is 0 Å². The molecule has 0 aromatic heterocycles. The average Bonchev–Trinajstić information content (AvgIpc) is 2.22. The molecule has 0 saturated carbocycles. The predicted molar refractivity (Wildman–Crippen MR) is 36.7 cm³/mol. The molecule has 1 rings (SSSR count). The Labute approximate surface area is 106 Å². The first kappa shape index (κ1) is 18.1. The van der Waals surface area contributed by atoms with Crippen molar-refractivity contribution in [1.29, 1.82) is 0 Å². The molecule has 1 heterocycles. The normalized spacial score (nSPS) is 33.3. The van der Waals surface area contributed by atoms with E-state index in [1.54, 1.807) is 0 Å². The lowest BCUT2D eigenvalue weighted by molar-refractivity contribution is -0.576. The molecule has 2 nitrogen and oxygen atoms in total. The van der Waals surface area contributed by atoms with Crippen molar-refractivity contribution in [2.75, 3.05) is 0 Å². The van der Waals surface area contributed by atoms with Crippen molar-refractivity contribution in [1.82, 2.24) is 0 Å². The maximum atomic E-state index is 13.2. The van der Waals surface area contributed by atoms with E-state index in [4.69, 9.17) is 0 Å². The molecule has 0 radical (unpaired) electrons. The first-order valence-electron chi connectivity index (χ1n) is 4.53. The first-order chi connectivity index (χ1) is 9.03. The van der Waals surface area contributed by atoms with Crippen molar-refractivity contribution in [3.8, 4) is 0 Å². The molecular formula is C7H2F12O2. The molecule has 0 aromatic carbocycles. The van der Waals surface area contributed by atoms with Crippen LogP contribution in [0.1, 0.15) is 0 Å². The van der Waals surface area contributed by atoms with Crippen molar-refractivity contribution in [3.05, 3.63) is 0 Å². The molecule has 2 unspecified atom stereocenters. The molecule has 0 spiro atoms. The molecule has 0 aliphatic carbocycles. The second kappa shape index (κ2) is 4.54. The zero-order valence-electron chi connectivity index (χ0n) is 9.01. The number of hydrogen-bond donors (Lipinski definition) is 0. The van der Waals surface area contributed by atoms with Gasteiger partial charge in [-0.2, -0.15) is 39.5 Å². The third-order valence-corrected chi connectivity index (χ3v) is 2.33. The Balaban J connectivity index is 3.54. The highest BCUT2D eigenvalue weighted by Crippen LogP contribution is 2.58. The standard InChI is InChI=1S/C7H2F12O2/c8-1(9)4(13)3(11,12)2(10)20-5(21-4,6(14,15)16)7(17,18)19/h1-2H. The lowest BCUT2D eigenvalue weighted by Gasteiger charge is -2.48. The molecule has 21 heavy (non-hydrogen) atoms. The Bertz CT molecular complexity index is 385. The smallest absolute Gasteiger partial charge is 0.295 e. The summed E-state index contributed by atoms with van der Waals surface area (Å²) in [5.74, 6) is -18.6. The van der Waals surface area contributed by atoms with E-state index in [1.165, 1.54) is 0 Å². The molecule has 2 atom stereocenters. The van der Waals surface area contributed by atoms with Gasteiger partial charge in [0.1, 0.15) is 0 Å². The number of hydrogen-bond acceptors (Lipinski definition) is 2. The van der Waals surface area contributed by atoms with Gasteiger partial charge in [0.2, 0.25) is 0 Å². The second-order valence-corrected chi connectivity index (χ2v) is 3.72. The largest absolute Gasteiger partial charge is 0.453 e. The number of ether oxygens (including phenoxy) is 2. The van der Waals surface area contributed by atoms with Gasteiger partial charge in [-0.15, -0.1) is 0 Å². The van der Waals surface area contributed by atoms with E-state index in [9.17, 15) is 52.7 Å². The summed E-state index contributed by atoms with van der Waals surface area (Å²) in [5.41, 5.74) is 0. The molecule has 1 fully saturated rings. The summed E-state index contributed by atoms with van der Waals surface area (Å²) in [7, 11) is 0. The maximum Gasteiger partial charge on any atom is 0.453 e. The van der Waals surface area contributed by atoms with E-state index < -0.39 is 42.7 Å². The predicted octanol–water partition coefficient (Wildman–Crippen LogP) is 3.72. The van der Waals surface area contributed by atoms with Crippen LogP contribution in [0.2, 0.25) is 0 Å². The van der Waals surface area contributed by atoms with Crippen LogP contribution in [0.25, 0.3) is 0 Å². The molecule has 0 bridgehead atoms. The topological polar surface area (TPSA) is 18.5 Å². The summed E-state index contributed by atoms with van der Waals surface area (Å²) in [5, 5.41) is 0. The molecular weight excluding hydrogens is 344 g/mol. The van der Waals surface area contributed by atoms with E-state index >= 15 is 0 Å². The van der Waals surface area contributed by atoms with Gasteiger partial charge in [0.15, 0.2) is 0 Å². The number of halogens is 12. The van der Waals surface area contributed by atoms with E-state index in [0.717, 1.165) is 0 Å². The highest BCUT2D eigenvalue weighted by molar-refractivity contribution is 5.02. The summed E-state index contributed by atoms with van der Waals surface area (Å²) < 4.78 is 155. The van der Waals surface area contributed by atoms with Crippen LogP contribution in [0.5, 0.6) is 0 Å². The van der Waals surface area contributed by atoms with E-state index in [1.807, 2.05) is 0 Å². The van der Waals surface area contributed by atoms with Gasteiger partial charge < -0.3 is 0 Å². The number of rotatable bonds is 1. The van der Waals surface area contributed by atoms with E-state index in [2.05, 4.69) is 9.47 Å². The molecule has 14 heteroatoms. The van der Waals surface area contributed by atoms with Gasteiger partial charge in [-0.25, -0.2) is 13.2 Å². The molecule has 1 aliphatic heterocycles.